The van der Waals surface area contributed by atoms with Crippen molar-refractivity contribution in [1.29, 1.82) is 0 Å². The van der Waals surface area contributed by atoms with Gasteiger partial charge in [0.25, 0.3) is 5.91 Å². The van der Waals surface area contributed by atoms with Crippen molar-refractivity contribution in [2.45, 2.75) is 25.7 Å². The molecule has 0 spiro atoms. The molecule has 0 radical (unpaired) electrons. The van der Waals surface area contributed by atoms with E-state index in [0.717, 1.165) is 5.56 Å². The average molecular weight is 382 g/mol. The average Bonchev–Trinajstić information content (AvgIpc) is 2.56. The Balaban J connectivity index is 1.69. The van der Waals surface area contributed by atoms with Crippen LogP contribution >= 0.6 is 23.4 Å². The van der Waals surface area contributed by atoms with Crippen LogP contribution in [0.15, 0.2) is 42.5 Å². The second-order valence-electron chi connectivity index (χ2n) is 5.62. The molecule has 0 fully saturated rings. The summed E-state index contributed by atoms with van der Waals surface area (Å²) >= 11 is 7.50. The van der Waals surface area contributed by atoms with Gasteiger partial charge in [-0.1, -0.05) is 29.8 Å². The largest absolute Gasteiger partial charge is 0.481 e. The lowest BCUT2D eigenvalue weighted by Gasteiger charge is -2.15. The molecule has 1 N–H and O–H groups in total. The molecule has 1 amide bonds. The summed E-state index contributed by atoms with van der Waals surface area (Å²) in [5.41, 5.74) is 1.57. The molecule has 25 heavy (non-hydrogen) atoms. The predicted octanol–water partition coefficient (Wildman–Crippen LogP) is 4.60. The minimum atomic E-state index is -0.576. The van der Waals surface area contributed by atoms with E-state index in [4.69, 9.17) is 16.3 Å². The van der Waals surface area contributed by atoms with Crippen LogP contribution in [0.25, 0.3) is 0 Å². The van der Waals surface area contributed by atoms with E-state index in [9.17, 15) is 9.18 Å². The lowest BCUT2D eigenvalue weighted by molar-refractivity contribution is -0.127. The zero-order chi connectivity index (χ0) is 18.2. The molecule has 6 heteroatoms. The van der Waals surface area contributed by atoms with Crippen molar-refractivity contribution in [2.75, 3.05) is 12.3 Å². The maximum Gasteiger partial charge on any atom is 0.260 e. The first-order valence-corrected chi connectivity index (χ1v) is 9.52. The zero-order valence-electron chi connectivity index (χ0n) is 14.2. The van der Waals surface area contributed by atoms with Crippen LogP contribution in [-0.4, -0.2) is 24.3 Å². The smallest absolute Gasteiger partial charge is 0.260 e. The van der Waals surface area contributed by atoms with Crippen LogP contribution in [0, 0.1) is 12.7 Å². The van der Waals surface area contributed by atoms with Crippen molar-refractivity contribution < 1.29 is 13.9 Å². The molecule has 134 valence electrons. The number of ether oxygens (including phenoxy) is 1. The van der Waals surface area contributed by atoms with Crippen LogP contribution < -0.4 is 10.1 Å². The van der Waals surface area contributed by atoms with Gasteiger partial charge in [-0.05, 0) is 43.7 Å². The van der Waals surface area contributed by atoms with Crippen molar-refractivity contribution in [2.24, 2.45) is 0 Å². The summed E-state index contributed by atoms with van der Waals surface area (Å²) in [6.45, 7) is 4.16. The van der Waals surface area contributed by atoms with Crippen LogP contribution in [0.4, 0.5) is 4.39 Å². The summed E-state index contributed by atoms with van der Waals surface area (Å²) in [6, 6.07) is 12.2. The Kier molecular flexibility index (Phi) is 7.59. The Bertz CT molecular complexity index is 706. The van der Waals surface area contributed by atoms with E-state index in [0.29, 0.717) is 34.4 Å². The van der Waals surface area contributed by atoms with E-state index in [1.54, 1.807) is 19.1 Å². The summed E-state index contributed by atoms with van der Waals surface area (Å²) in [4.78, 5) is 12.0. The van der Waals surface area contributed by atoms with Gasteiger partial charge in [-0.25, -0.2) is 4.39 Å². The highest BCUT2D eigenvalue weighted by molar-refractivity contribution is 7.98. The fraction of sp³-hybridized carbons (Fsp3) is 0.316. The maximum absolute atomic E-state index is 13.6. The number of rotatable bonds is 8. The van der Waals surface area contributed by atoms with Crippen molar-refractivity contribution in [3.8, 4) is 5.75 Å². The van der Waals surface area contributed by atoms with Gasteiger partial charge in [-0.2, -0.15) is 11.8 Å². The van der Waals surface area contributed by atoms with Gasteiger partial charge < -0.3 is 10.1 Å². The molecule has 0 bridgehead atoms. The first-order chi connectivity index (χ1) is 12.0. The predicted molar refractivity (Wildman–Crippen MR) is 102 cm³/mol. The third kappa shape index (κ3) is 6.25. The maximum atomic E-state index is 13.6. The van der Waals surface area contributed by atoms with E-state index >= 15 is 0 Å². The minimum Gasteiger partial charge on any atom is -0.481 e. The molecule has 0 aliphatic heterocycles. The molecule has 0 saturated heterocycles. The molecule has 2 aromatic rings. The van der Waals surface area contributed by atoms with Crippen molar-refractivity contribution >= 4 is 29.3 Å². The Morgan fingerprint density at radius 1 is 1.32 bits per heavy atom. The van der Waals surface area contributed by atoms with E-state index < -0.39 is 6.10 Å². The number of aryl methyl sites for hydroxylation is 1. The Morgan fingerprint density at radius 3 is 2.80 bits per heavy atom. The highest BCUT2D eigenvalue weighted by Crippen LogP contribution is 2.23. The number of benzene rings is 2. The number of carbonyl (C=O) groups excluding carboxylic acids is 1. The summed E-state index contributed by atoms with van der Waals surface area (Å²) in [5, 5.41) is 3.25. The number of nitrogens with one attached hydrogen (secondary N) is 1. The zero-order valence-corrected chi connectivity index (χ0v) is 15.8. The summed E-state index contributed by atoms with van der Waals surface area (Å²) in [6.07, 6.45) is -0.576. The number of hydrogen-bond donors (Lipinski definition) is 1. The van der Waals surface area contributed by atoms with Gasteiger partial charge in [0.1, 0.15) is 11.6 Å². The molecular weight excluding hydrogens is 361 g/mol. The summed E-state index contributed by atoms with van der Waals surface area (Å²) < 4.78 is 19.3. The molecule has 3 nitrogen and oxygen atoms in total. The molecule has 0 unspecified atom stereocenters. The van der Waals surface area contributed by atoms with Crippen LogP contribution in [0.3, 0.4) is 0 Å². The van der Waals surface area contributed by atoms with Crippen LogP contribution in [0.1, 0.15) is 18.1 Å². The molecule has 0 heterocycles. The fourth-order valence-electron chi connectivity index (χ4n) is 2.18. The third-order valence-corrected chi connectivity index (χ3v) is 4.87. The SMILES string of the molecule is Cc1cccc(O[C@@H](C)C(=O)NCCSCc2c(F)cccc2Cl)c1. The minimum absolute atomic E-state index is 0.175. The van der Waals surface area contributed by atoms with E-state index in [1.807, 2.05) is 31.2 Å². The second kappa shape index (κ2) is 9.68. The van der Waals surface area contributed by atoms with Gasteiger partial charge in [-0.3, -0.25) is 4.79 Å². The van der Waals surface area contributed by atoms with Gasteiger partial charge in [-0.15, -0.1) is 0 Å². The first-order valence-electron chi connectivity index (χ1n) is 7.99. The molecule has 0 aliphatic rings. The second-order valence-corrected chi connectivity index (χ2v) is 7.13. The highest BCUT2D eigenvalue weighted by atomic mass is 35.5. The molecule has 0 aromatic heterocycles. The standard InChI is InChI=1S/C19H21ClFNO2S/c1-13-5-3-6-15(11-13)24-14(2)19(23)22-9-10-25-12-16-17(20)7-4-8-18(16)21/h3-8,11,14H,9-10,12H2,1-2H3,(H,22,23)/t14-/m0/s1. The van der Waals surface area contributed by atoms with Crippen LogP contribution in [-0.2, 0) is 10.5 Å². The van der Waals surface area contributed by atoms with E-state index in [1.165, 1.54) is 17.8 Å². The van der Waals surface area contributed by atoms with Crippen molar-refractivity contribution in [1.82, 2.24) is 5.32 Å². The molecule has 2 aromatic carbocycles. The third-order valence-electron chi connectivity index (χ3n) is 3.53. The van der Waals surface area contributed by atoms with E-state index in [2.05, 4.69) is 5.32 Å². The van der Waals surface area contributed by atoms with E-state index in [-0.39, 0.29) is 11.7 Å². The quantitative estimate of drug-likeness (QED) is 0.679. The fourth-order valence-corrected chi connectivity index (χ4v) is 3.38. The first kappa shape index (κ1) is 19.6. The number of hydrogen-bond acceptors (Lipinski definition) is 3. The molecule has 0 saturated carbocycles. The number of halogens is 2. The molecule has 1 atom stereocenters. The van der Waals surface area contributed by atoms with Crippen molar-refractivity contribution in [3.05, 3.63) is 64.4 Å². The van der Waals surface area contributed by atoms with Gasteiger partial charge in [0.05, 0.1) is 0 Å². The van der Waals surface area contributed by atoms with Gasteiger partial charge in [0.2, 0.25) is 0 Å². The Labute approximate surface area is 156 Å². The molecule has 0 aliphatic carbocycles. The highest BCUT2D eigenvalue weighted by Gasteiger charge is 2.14. The topological polar surface area (TPSA) is 38.3 Å². The molecular formula is C19H21ClFNO2S. The monoisotopic (exact) mass is 381 g/mol. The summed E-state index contributed by atoms with van der Waals surface area (Å²) in [7, 11) is 0. The van der Waals surface area contributed by atoms with Gasteiger partial charge >= 0.3 is 0 Å². The van der Waals surface area contributed by atoms with Crippen LogP contribution in [0.2, 0.25) is 5.02 Å². The normalized spacial score (nSPS) is 11.8. The summed E-state index contributed by atoms with van der Waals surface area (Å²) in [5.74, 6) is 1.33. The molecule has 2 rings (SSSR count). The van der Waals surface area contributed by atoms with Gasteiger partial charge in [0.15, 0.2) is 6.10 Å². The van der Waals surface area contributed by atoms with Crippen LogP contribution in [0.5, 0.6) is 5.75 Å². The lowest BCUT2D eigenvalue weighted by atomic mass is 10.2. The van der Waals surface area contributed by atoms with Gasteiger partial charge in [0, 0.05) is 28.6 Å². The van der Waals surface area contributed by atoms with Crippen molar-refractivity contribution in [3.63, 3.8) is 0 Å². The number of amides is 1. The lowest BCUT2D eigenvalue weighted by Crippen LogP contribution is -2.37. The Morgan fingerprint density at radius 2 is 2.08 bits per heavy atom. The Hall–Kier alpha value is -1.72. The number of thioether (sulfide) groups is 1. The number of carbonyl (C=O) groups is 1.